The van der Waals surface area contributed by atoms with Gasteiger partial charge in [-0.1, -0.05) is 49.4 Å². The second kappa shape index (κ2) is 14.3. The number of nitrogens with zero attached hydrogens (tertiary/aromatic N) is 4. The Morgan fingerprint density at radius 1 is 1.03 bits per heavy atom. The Morgan fingerprint density at radius 3 is 2.35 bits per heavy atom. The molecule has 2 aromatic carbocycles. The molecule has 0 saturated carbocycles. The van der Waals surface area contributed by atoms with Gasteiger partial charge in [-0.15, -0.1) is 24.0 Å². The average Bonchev–Trinajstić information content (AvgIpc) is 2.85. The Balaban J connectivity index is 0.00000408. The molecule has 1 N–H and O–H groups in total. The Kier molecular flexibility index (Phi) is 11.8. The normalized spacial score (nSPS) is 15.4. The van der Waals surface area contributed by atoms with Crippen LogP contribution in [0, 0.1) is 0 Å². The lowest BCUT2D eigenvalue weighted by Crippen LogP contribution is -2.53. The molecule has 0 radical (unpaired) electrons. The molecule has 34 heavy (non-hydrogen) atoms. The van der Waals surface area contributed by atoms with Crippen molar-refractivity contribution in [2.24, 2.45) is 4.99 Å². The standard InChI is InChI=1S/C27H39N5O.HI/c1-5-25(23-12-8-7-9-13-23)31-17-19-32(20-18-31)27(28-6-2)29-16-15-22-11-10-14-24(21-22)26(33)30(3)4;/h7-14,21,25H,5-6,15-20H2,1-4H3,(H,28,29);1H. The third kappa shape index (κ3) is 7.70. The van der Waals surface area contributed by atoms with Crippen LogP contribution in [0.3, 0.4) is 0 Å². The summed E-state index contributed by atoms with van der Waals surface area (Å²) < 4.78 is 0. The Labute approximate surface area is 222 Å². The number of amides is 1. The van der Waals surface area contributed by atoms with Crippen LogP contribution in [0.15, 0.2) is 59.6 Å². The molecule has 6 nitrogen and oxygen atoms in total. The molecular formula is C27H40IN5O. The smallest absolute Gasteiger partial charge is 0.253 e. The largest absolute Gasteiger partial charge is 0.357 e. The van der Waals surface area contributed by atoms with Gasteiger partial charge in [0.25, 0.3) is 5.91 Å². The first-order valence-corrected chi connectivity index (χ1v) is 12.2. The molecule has 0 bridgehead atoms. The number of guanidine groups is 1. The first kappa shape index (κ1) is 28.1. The summed E-state index contributed by atoms with van der Waals surface area (Å²) in [5, 5.41) is 3.47. The molecule has 1 unspecified atom stereocenters. The second-order valence-electron chi connectivity index (χ2n) is 8.74. The van der Waals surface area contributed by atoms with E-state index in [2.05, 4.69) is 65.4 Å². The average molecular weight is 578 g/mol. The molecule has 0 aliphatic carbocycles. The maximum atomic E-state index is 12.2. The third-order valence-corrected chi connectivity index (χ3v) is 6.20. The van der Waals surface area contributed by atoms with Gasteiger partial charge in [-0.3, -0.25) is 14.7 Å². The summed E-state index contributed by atoms with van der Waals surface area (Å²) in [5.74, 6) is 1.03. The molecule has 1 saturated heterocycles. The first-order chi connectivity index (χ1) is 16.0. The summed E-state index contributed by atoms with van der Waals surface area (Å²) >= 11 is 0. The van der Waals surface area contributed by atoms with Crippen LogP contribution in [0.4, 0.5) is 0 Å². The van der Waals surface area contributed by atoms with Gasteiger partial charge >= 0.3 is 0 Å². The molecule has 7 heteroatoms. The predicted molar refractivity (Wildman–Crippen MR) is 152 cm³/mol. The van der Waals surface area contributed by atoms with E-state index in [9.17, 15) is 4.79 Å². The van der Waals surface area contributed by atoms with Gasteiger partial charge in [-0.2, -0.15) is 0 Å². The lowest BCUT2D eigenvalue weighted by Gasteiger charge is -2.40. The molecule has 1 heterocycles. The van der Waals surface area contributed by atoms with E-state index in [1.807, 2.05) is 18.2 Å². The number of carbonyl (C=O) groups excluding carboxylic acids is 1. The zero-order valence-electron chi connectivity index (χ0n) is 21.0. The van der Waals surface area contributed by atoms with Crippen LogP contribution < -0.4 is 5.32 Å². The van der Waals surface area contributed by atoms with E-state index < -0.39 is 0 Å². The molecule has 1 amide bonds. The van der Waals surface area contributed by atoms with Crippen molar-refractivity contribution in [3.8, 4) is 0 Å². The van der Waals surface area contributed by atoms with Crippen LogP contribution in [0.25, 0.3) is 0 Å². The molecule has 2 aromatic rings. The van der Waals surface area contributed by atoms with Crippen molar-refractivity contribution in [3.05, 3.63) is 71.3 Å². The third-order valence-electron chi connectivity index (χ3n) is 6.20. The summed E-state index contributed by atoms with van der Waals surface area (Å²) in [6, 6.07) is 19.2. The summed E-state index contributed by atoms with van der Waals surface area (Å²) in [6.07, 6.45) is 1.93. The summed E-state index contributed by atoms with van der Waals surface area (Å²) in [6.45, 7) is 9.96. The second-order valence-corrected chi connectivity index (χ2v) is 8.74. The van der Waals surface area contributed by atoms with Crippen LogP contribution >= 0.6 is 24.0 Å². The highest BCUT2D eigenvalue weighted by molar-refractivity contribution is 14.0. The van der Waals surface area contributed by atoms with Gasteiger partial charge in [0.2, 0.25) is 0 Å². The quantitative estimate of drug-likeness (QED) is 0.289. The van der Waals surface area contributed by atoms with Gasteiger partial charge in [0.15, 0.2) is 5.96 Å². The fraction of sp³-hybridized carbons (Fsp3) is 0.481. The van der Waals surface area contributed by atoms with Crippen molar-refractivity contribution < 1.29 is 4.79 Å². The molecule has 0 spiro atoms. The van der Waals surface area contributed by atoms with E-state index in [0.29, 0.717) is 12.6 Å². The van der Waals surface area contributed by atoms with Crippen molar-refractivity contribution >= 4 is 35.8 Å². The van der Waals surface area contributed by atoms with Crippen molar-refractivity contribution in [3.63, 3.8) is 0 Å². The molecule has 186 valence electrons. The van der Waals surface area contributed by atoms with Gasteiger partial charge in [0.1, 0.15) is 0 Å². The summed E-state index contributed by atoms with van der Waals surface area (Å²) in [4.78, 5) is 23.7. The highest BCUT2D eigenvalue weighted by atomic mass is 127. The highest BCUT2D eigenvalue weighted by Gasteiger charge is 2.25. The van der Waals surface area contributed by atoms with Crippen LogP contribution in [0.1, 0.15) is 47.8 Å². The van der Waals surface area contributed by atoms with Crippen LogP contribution in [0.2, 0.25) is 0 Å². The minimum Gasteiger partial charge on any atom is -0.357 e. The van der Waals surface area contributed by atoms with Crippen molar-refractivity contribution in [2.45, 2.75) is 32.7 Å². The number of carbonyl (C=O) groups is 1. The van der Waals surface area contributed by atoms with Gasteiger partial charge in [0.05, 0.1) is 0 Å². The number of benzene rings is 2. The van der Waals surface area contributed by atoms with Gasteiger partial charge < -0.3 is 15.1 Å². The van der Waals surface area contributed by atoms with Crippen LogP contribution in [-0.2, 0) is 6.42 Å². The number of piperazine rings is 1. The van der Waals surface area contributed by atoms with Crippen molar-refractivity contribution in [1.29, 1.82) is 0 Å². The predicted octanol–water partition coefficient (Wildman–Crippen LogP) is 4.28. The molecule has 1 aliphatic heterocycles. The van der Waals surface area contributed by atoms with Crippen LogP contribution in [0.5, 0.6) is 0 Å². The number of aliphatic imine (C=N–C) groups is 1. The topological polar surface area (TPSA) is 51.2 Å². The van der Waals surface area contributed by atoms with E-state index >= 15 is 0 Å². The van der Waals surface area contributed by atoms with E-state index in [0.717, 1.165) is 62.7 Å². The Bertz CT molecular complexity index is 910. The molecule has 0 aromatic heterocycles. The van der Waals surface area contributed by atoms with Gasteiger partial charge in [-0.25, -0.2) is 0 Å². The highest BCUT2D eigenvalue weighted by Crippen LogP contribution is 2.25. The fourth-order valence-corrected chi connectivity index (χ4v) is 4.46. The molecule has 1 aliphatic rings. The number of halogens is 1. The molecule has 1 atom stereocenters. The Hall–Kier alpha value is -2.13. The summed E-state index contributed by atoms with van der Waals surface area (Å²) in [5.41, 5.74) is 3.28. The molecular weight excluding hydrogens is 537 g/mol. The van der Waals surface area contributed by atoms with Crippen molar-refractivity contribution in [2.75, 3.05) is 53.4 Å². The SMILES string of the molecule is CCNC(=NCCc1cccc(C(=O)N(C)C)c1)N1CCN(C(CC)c2ccccc2)CC1.I. The fourth-order valence-electron chi connectivity index (χ4n) is 4.46. The number of rotatable bonds is 8. The van der Waals surface area contributed by atoms with E-state index in [1.165, 1.54) is 5.56 Å². The van der Waals surface area contributed by atoms with E-state index in [-0.39, 0.29) is 29.9 Å². The summed E-state index contributed by atoms with van der Waals surface area (Å²) in [7, 11) is 3.56. The zero-order valence-corrected chi connectivity index (χ0v) is 23.4. The minimum atomic E-state index is 0. The maximum absolute atomic E-state index is 12.2. The minimum absolute atomic E-state index is 0. The van der Waals surface area contributed by atoms with Crippen LogP contribution in [-0.4, -0.2) is 79.9 Å². The lowest BCUT2D eigenvalue weighted by atomic mass is 10.0. The number of hydrogen-bond donors (Lipinski definition) is 1. The zero-order chi connectivity index (χ0) is 23.6. The lowest BCUT2D eigenvalue weighted by molar-refractivity contribution is 0.0827. The van der Waals surface area contributed by atoms with Gasteiger partial charge in [-0.05, 0) is 43.0 Å². The van der Waals surface area contributed by atoms with E-state index in [4.69, 9.17) is 4.99 Å². The van der Waals surface area contributed by atoms with E-state index in [1.54, 1.807) is 19.0 Å². The Morgan fingerprint density at radius 2 is 1.74 bits per heavy atom. The maximum Gasteiger partial charge on any atom is 0.253 e. The number of hydrogen-bond acceptors (Lipinski definition) is 3. The monoisotopic (exact) mass is 577 g/mol. The first-order valence-electron chi connectivity index (χ1n) is 12.2. The van der Waals surface area contributed by atoms with Crippen molar-refractivity contribution in [1.82, 2.24) is 20.0 Å². The molecule has 1 fully saturated rings. The molecule has 3 rings (SSSR count). The number of nitrogens with one attached hydrogen (secondary N) is 1. The van der Waals surface area contributed by atoms with Gasteiger partial charge in [0, 0.05) is 65.0 Å².